The van der Waals surface area contributed by atoms with Gasteiger partial charge in [0.1, 0.15) is 11.4 Å². The van der Waals surface area contributed by atoms with E-state index < -0.39 is 0 Å². The van der Waals surface area contributed by atoms with E-state index in [9.17, 15) is 9.90 Å². The number of aromatic nitrogens is 2. The predicted molar refractivity (Wildman–Crippen MR) is 109 cm³/mol. The number of imidazole rings is 1. The molecule has 3 aliphatic rings. The number of aliphatic hydroxyl groups is 1. The van der Waals surface area contributed by atoms with Crippen molar-refractivity contribution in [3.8, 4) is 0 Å². The van der Waals surface area contributed by atoms with Gasteiger partial charge in [-0.25, -0.2) is 4.98 Å². The van der Waals surface area contributed by atoms with Crippen LogP contribution in [0.25, 0.3) is 0 Å². The molecule has 2 aromatic rings. The molecular weight excluding hydrogens is 384 g/mol. The highest BCUT2D eigenvalue weighted by atomic mass is 16.5. The quantitative estimate of drug-likeness (QED) is 0.739. The van der Waals surface area contributed by atoms with Gasteiger partial charge in [0.05, 0.1) is 25.5 Å². The van der Waals surface area contributed by atoms with E-state index in [-0.39, 0.29) is 36.1 Å². The van der Waals surface area contributed by atoms with E-state index in [2.05, 4.69) is 16.8 Å². The van der Waals surface area contributed by atoms with Crippen LogP contribution in [0.4, 0.5) is 0 Å². The Labute approximate surface area is 176 Å². The second-order valence-electron chi connectivity index (χ2n) is 8.95. The van der Waals surface area contributed by atoms with E-state index >= 15 is 0 Å². The summed E-state index contributed by atoms with van der Waals surface area (Å²) in [5.74, 6) is 1.24. The third-order valence-electron chi connectivity index (χ3n) is 6.96. The second kappa shape index (κ2) is 7.83. The molecule has 4 atom stereocenters. The topological polar surface area (TPSA) is 84.0 Å². The van der Waals surface area contributed by atoms with Crippen molar-refractivity contribution in [2.45, 2.75) is 38.0 Å². The molecule has 8 heteroatoms. The third-order valence-corrected chi connectivity index (χ3v) is 6.96. The molecule has 8 nitrogen and oxygen atoms in total. The van der Waals surface area contributed by atoms with Crippen LogP contribution in [0.2, 0.25) is 0 Å². The molecule has 5 heterocycles. The van der Waals surface area contributed by atoms with Gasteiger partial charge in [-0.3, -0.25) is 9.69 Å². The second-order valence-corrected chi connectivity index (χ2v) is 8.95. The molecule has 162 valence electrons. The number of aliphatic hydroxyl groups excluding tert-OH is 1. The molecule has 3 fully saturated rings. The van der Waals surface area contributed by atoms with Crippen molar-refractivity contribution in [3.05, 3.63) is 42.4 Å². The number of likely N-dealkylation sites (tertiary alicyclic amines) is 2. The lowest BCUT2D eigenvalue weighted by molar-refractivity contribution is -0.116. The average Bonchev–Trinajstić information content (AvgIpc) is 3.51. The Kier molecular flexibility index (Phi) is 5.16. The van der Waals surface area contributed by atoms with E-state index in [4.69, 9.17) is 9.15 Å². The van der Waals surface area contributed by atoms with Crippen LogP contribution in [0.5, 0.6) is 0 Å². The van der Waals surface area contributed by atoms with Crippen LogP contribution >= 0.6 is 0 Å². The van der Waals surface area contributed by atoms with E-state index in [0.717, 1.165) is 38.2 Å². The molecule has 2 bridgehead atoms. The standard InChI is InChI=1S/C22H30N4O4/c1-2-3-7-24-11-20-17(12-27)18-10-26(14-22(18,13-24)30-20)21(28)19-5-4-16(29-19)9-25-8-6-23-15-25/h4-6,8,15,17-18,20,27H,2-3,7,9-14H2,1H3/t17-,18+,20+,22+/m0/s1. The predicted octanol–water partition coefficient (Wildman–Crippen LogP) is 1.46. The summed E-state index contributed by atoms with van der Waals surface area (Å²) in [5.41, 5.74) is -0.369. The number of hydrogen-bond acceptors (Lipinski definition) is 6. The lowest BCUT2D eigenvalue weighted by Crippen LogP contribution is -2.54. The minimum absolute atomic E-state index is 0.0632. The summed E-state index contributed by atoms with van der Waals surface area (Å²) in [4.78, 5) is 21.5. The van der Waals surface area contributed by atoms with Gasteiger partial charge in [-0.1, -0.05) is 13.3 Å². The fourth-order valence-electron chi connectivity index (χ4n) is 5.53. The largest absolute Gasteiger partial charge is 0.454 e. The highest BCUT2D eigenvalue weighted by Gasteiger charge is 2.62. The van der Waals surface area contributed by atoms with E-state index in [1.807, 2.05) is 21.7 Å². The maximum absolute atomic E-state index is 13.2. The van der Waals surface area contributed by atoms with Crippen LogP contribution in [-0.4, -0.2) is 81.4 Å². The Hall–Kier alpha value is -2.16. The Morgan fingerprint density at radius 1 is 1.33 bits per heavy atom. The van der Waals surface area contributed by atoms with Gasteiger partial charge in [0, 0.05) is 50.5 Å². The minimum atomic E-state index is -0.369. The number of furan rings is 1. The molecule has 1 spiro atoms. The van der Waals surface area contributed by atoms with E-state index in [1.54, 1.807) is 18.6 Å². The summed E-state index contributed by atoms with van der Waals surface area (Å²) in [6.07, 6.45) is 7.68. The molecule has 2 aromatic heterocycles. The molecule has 0 aliphatic carbocycles. The molecule has 1 N–H and O–H groups in total. The molecule has 0 radical (unpaired) electrons. The molecule has 5 rings (SSSR count). The zero-order valence-electron chi connectivity index (χ0n) is 17.4. The molecule has 3 saturated heterocycles. The molecule has 30 heavy (non-hydrogen) atoms. The van der Waals surface area contributed by atoms with Gasteiger partial charge in [-0.2, -0.15) is 0 Å². The van der Waals surface area contributed by atoms with Gasteiger partial charge in [0.15, 0.2) is 5.76 Å². The highest BCUT2D eigenvalue weighted by molar-refractivity contribution is 5.92. The summed E-state index contributed by atoms with van der Waals surface area (Å²) >= 11 is 0. The average molecular weight is 415 g/mol. The van der Waals surface area contributed by atoms with Crippen molar-refractivity contribution in [3.63, 3.8) is 0 Å². The first-order valence-corrected chi connectivity index (χ1v) is 11.0. The summed E-state index contributed by atoms with van der Waals surface area (Å²) in [6.45, 7) is 6.79. The Balaban J connectivity index is 1.30. The molecule has 0 unspecified atom stereocenters. The van der Waals surface area contributed by atoms with Crippen LogP contribution < -0.4 is 0 Å². The van der Waals surface area contributed by atoms with Crippen LogP contribution in [-0.2, 0) is 11.3 Å². The Morgan fingerprint density at radius 2 is 2.23 bits per heavy atom. The normalized spacial score (nSPS) is 30.7. The number of nitrogens with zero attached hydrogens (tertiary/aromatic N) is 4. The highest BCUT2D eigenvalue weighted by Crippen LogP contribution is 2.49. The zero-order valence-corrected chi connectivity index (χ0v) is 17.4. The van der Waals surface area contributed by atoms with Gasteiger partial charge in [-0.05, 0) is 25.1 Å². The van der Waals surface area contributed by atoms with Crippen molar-refractivity contribution in [1.29, 1.82) is 0 Å². The van der Waals surface area contributed by atoms with Gasteiger partial charge < -0.3 is 23.7 Å². The van der Waals surface area contributed by atoms with Crippen molar-refractivity contribution in [2.24, 2.45) is 11.8 Å². The maximum Gasteiger partial charge on any atom is 0.289 e. The lowest BCUT2D eigenvalue weighted by Gasteiger charge is -2.40. The van der Waals surface area contributed by atoms with Crippen LogP contribution in [0.3, 0.4) is 0 Å². The zero-order chi connectivity index (χ0) is 20.7. The van der Waals surface area contributed by atoms with Gasteiger partial charge in [0.2, 0.25) is 0 Å². The molecule has 0 saturated carbocycles. The Bertz CT molecular complexity index is 882. The van der Waals surface area contributed by atoms with Crippen LogP contribution in [0.15, 0.2) is 35.3 Å². The summed E-state index contributed by atoms with van der Waals surface area (Å²) in [7, 11) is 0. The number of carbonyl (C=O) groups is 1. The fraction of sp³-hybridized carbons (Fsp3) is 0.636. The van der Waals surface area contributed by atoms with Gasteiger partial charge >= 0.3 is 0 Å². The first kappa shape index (κ1) is 19.8. The number of morpholine rings is 1. The van der Waals surface area contributed by atoms with Crippen LogP contribution in [0.1, 0.15) is 36.1 Å². The Morgan fingerprint density at radius 3 is 3.00 bits per heavy atom. The SMILES string of the molecule is CCCCN1C[C@H]2O[C@]3(C1)CN(C(=O)c1ccc(Cn4ccnc4)o1)C[C@@H]3[C@@H]2CO. The number of unbranched alkanes of at least 4 members (excludes halogenated alkanes) is 1. The smallest absolute Gasteiger partial charge is 0.289 e. The first-order chi connectivity index (χ1) is 14.6. The van der Waals surface area contributed by atoms with Crippen molar-refractivity contribution in [1.82, 2.24) is 19.4 Å². The fourth-order valence-corrected chi connectivity index (χ4v) is 5.53. The van der Waals surface area contributed by atoms with Crippen LogP contribution in [0, 0.1) is 11.8 Å². The van der Waals surface area contributed by atoms with Gasteiger partial charge in [-0.15, -0.1) is 0 Å². The van der Waals surface area contributed by atoms with E-state index in [0.29, 0.717) is 25.4 Å². The summed E-state index contributed by atoms with van der Waals surface area (Å²) in [6, 6.07) is 3.60. The number of ether oxygens (including phenoxy) is 1. The van der Waals surface area contributed by atoms with Gasteiger partial charge in [0.25, 0.3) is 5.91 Å². The summed E-state index contributed by atoms with van der Waals surface area (Å²) < 4.78 is 14.2. The van der Waals surface area contributed by atoms with Crippen molar-refractivity contribution in [2.75, 3.05) is 39.3 Å². The monoisotopic (exact) mass is 414 g/mol. The van der Waals surface area contributed by atoms with Crippen molar-refractivity contribution < 1.29 is 19.1 Å². The first-order valence-electron chi connectivity index (χ1n) is 11.0. The number of fused-ring (bicyclic) bond motifs is 1. The number of rotatable bonds is 7. The lowest BCUT2D eigenvalue weighted by atomic mass is 9.83. The maximum atomic E-state index is 13.2. The number of hydrogen-bond donors (Lipinski definition) is 1. The molecule has 0 aromatic carbocycles. The minimum Gasteiger partial charge on any atom is -0.454 e. The third kappa shape index (κ3) is 3.36. The number of amides is 1. The number of carbonyl (C=O) groups excluding carboxylic acids is 1. The molecule has 3 aliphatic heterocycles. The molecule has 1 amide bonds. The molecular formula is C22H30N4O4. The summed E-state index contributed by atoms with van der Waals surface area (Å²) in [5, 5.41) is 10.1. The van der Waals surface area contributed by atoms with Crippen molar-refractivity contribution >= 4 is 5.91 Å². The van der Waals surface area contributed by atoms with E-state index in [1.165, 1.54) is 0 Å².